The van der Waals surface area contributed by atoms with E-state index >= 15 is 0 Å². The van der Waals surface area contributed by atoms with Crippen molar-refractivity contribution in [2.75, 3.05) is 6.61 Å². The highest BCUT2D eigenvalue weighted by Gasteiger charge is 2.01. The summed E-state index contributed by atoms with van der Waals surface area (Å²) in [6, 6.07) is 0. The summed E-state index contributed by atoms with van der Waals surface area (Å²) >= 11 is 0. The molecule has 0 aliphatic rings. The van der Waals surface area contributed by atoms with Crippen molar-refractivity contribution in [2.24, 2.45) is 0 Å². The van der Waals surface area contributed by atoms with Crippen molar-refractivity contribution in [3.63, 3.8) is 0 Å². The van der Waals surface area contributed by atoms with Crippen LogP contribution in [0.4, 0.5) is 0 Å². The first-order valence-electron chi connectivity index (χ1n) is 2.61. The number of aliphatic hydroxyl groups is 2. The molecule has 50 valence electrons. The second kappa shape index (κ2) is 3.83. The Morgan fingerprint density at radius 1 is 1.50 bits per heavy atom. The van der Waals surface area contributed by atoms with Crippen LogP contribution in [0.5, 0.6) is 0 Å². The van der Waals surface area contributed by atoms with Crippen molar-refractivity contribution >= 4 is 0 Å². The van der Waals surface area contributed by atoms with Crippen LogP contribution in [0.25, 0.3) is 0 Å². The highest BCUT2D eigenvalue weighted by Crippen LogP contribution is 1.91. The lowest BCUT2D eigenvalue weighted by Crippen LogP contribution is -2.19. The number of aliphatic hydroxyl groups excluding tert-OH is 2. The minimum absolute atomic E-state index is 0.0507. The average molecular weight is 120 g/mol. The Balaban J connectivity index is 3.10. The van der Waals surface area contributed by atoms with Crippen molar-refractivity contribution in [1.29, 1.82) is 0 Å². The molecule has 0 aliphatic carbocycles. The van der Waals surface area contributed by atoms with E-state index < -0.39 is 6.29 Å². The third-order valence-corrected chi connectivity index (χ3v) is 0.686. The van der Waals surface area contributed by atoms with E-state index in [0.717, 1.165) is 0 Å². The molecule has 0 saturated heterocycles. The number of hydrogen-bond donors (Lipinski definition) is 2. The summed E-state index contributed by atoms with van der Waals surface area (Å²) in [6.07, 6.45) is -1.05. The molecule has 3 nitrogen and oxygen atoms in total. The van der Waals surface area contributed by atoms with E-state index in [-0.39, 0.29) is 12.7 Å². The van der Waals surface area contributed by atoms with Crippen LogP contribution in [0.15, 0.2) is 0 Å². The lowest BCUT2D eigenvalue weighted by molar-refractivity contribution is -0.129. The van der Waals surface area contributed by atoms with Crippen molar-refractivity contribution < 1.29 is 14.9 Å². The van der Waals surface area contributed by atoms with Crippen molar-refractivity contribution in [3.8, 4) is 0 Å². The molecule has 0 bridgehead atoms. The van der Waals surface area contributed by atoms with Crippen LogP contribution in [0.1, 0.15) is 13.8 Å². The fourth-order valence-corrected chi connectivity index (χ4v) is 0.379. The Morgan fingerprint density at radius 2 is 2.00 bits per heavy atom. The van der Waals surface area contributed by atoms with Crippen LogP contribution in [0.2, 0.25) is 0 Å². The van der Waals surface area contributed by atoms with Crippen molar-refractivity contribution in [3.05, 3.63) is 0 Å². The Labute approximate surface area is 48.9 Å². The maximum atomic E-state index is 8.52. The maximum absolute atomic E-state index is 8.52. The molecule has 0 amide bonds. The summed E-state index contributed by atoms with van der Waals surface area (Å²) in [4.78, 5) is 0. The molecule has 2 atom stereocenters. The zero-order valence-electron chi connectivity index (χ0n) is 5.16. The lowest BCUT2D eigenvalue weighted by Gasteiger charge is -2.11. The van der Waals surface area contributed by atoms with Crippen LogP contribution in [0.3, 0.4) is 0 Å². The molecule has 2 N–H and O–H groups in total. The van der Waals surface area contributed by atoms with Crippen LogP contribution in [-0.2, 0) is 4.74 Å². The van der Waals surface area contributed by atoms with E-state index in [0.29, 0.717) is 0 Å². The van der Waals surface area contributed by atoms with Crippen LogP contribution in [0, 0.1) is 0 Å². The molecule has 0 aromatic rings. The molecule has 0 radical (unpaired) electrons. The summed E-state index contributed by atoms with van der Waals surface area (Å²) in [5, 5.41) is 16.9. The molecule has 0 heterocycles. The highest BCUT2D eigenvalue weighted by atomic mass is 16.6. The van der Waals surface area contributed by atoms with Gasteiger partial charge in [0.2, 0.25) is 0 Å². The fourth-order valence-electron chi connectivity index (χ4n) is 0.379. The van der Waals surface area contributed by atoms with Gasteiger partial charge in [-0.25, -0.2) is 0 Å². The van der Waals surface area contributed by atoms with E-state index in [2.05, 4.69) is 0 Å². The molecule has 3 heteroatoms. The standard InChI is InChI=1S/C5H12O3/c1-4(3-6)8-5(2)7/h4-7H,3H2,1-2H3. The van der Waals surface area contributed by atoms with E-state index in [1.807, 2.05) is 0 Å². The van der Waals surface area contributed by atoms with E-state index in [1.165, 1.54) is 6.92 Å². The van der Waals surface area contributed by atoms with Crippen molar-refractivity contribution in [2.45, 2.75) is 26.2 Å². The lowest BCUT2D eigenvalue weighted by atomic mass is 10.4. The Hall–Kier alpha value is -0.120. The Bertz CT molecular complexity index is 53.6. The molecule has 2 unspecified atom stereocenters. The molecular formula is C5H12O3. The molecule has 0 saturated carbocycles. The van der Waals surface area contributed by atoms with Gasteiger partial charge in [0.15, 0.2) is 6.29 Å². The van der Waals surface area contributed by atoms with Gasteiger partial charge in [-0.1, -0.05) is 0 Å². The zero-order valence-corrected chi connectivity index (χ0v) is 5.16. The predicted octanol–water partition coefficient (Wildman–Crippen LogP) is -0.278. The first-order valence-corrected chi connectivity index (χ1v) is 2.61. The van der Waals surface area contributed by atoms with Gasteiger partial charge in [-0.15, -0.1) is 0 Å². The largest absolute Gasteiger partial charge is 0.394 e. The zero-order chi connectivity index (χ0) is 6.57. The van der Waals surface area contributed by atoms with Crippen LogP contribution >= 0.6 is 0 Å². The van der Waals surface area contributed by atoms with Gasteiger partial charge in [-0.2, -0.15) is 0 Å². The molecule has 0 rings (SSSR count). The Morgan fingerprint density at radius 3 is 2.12 bits per heavy atom. The molecule has 0 fully saturated rings. The minimum atomic E-state index is -0.780. The summed E-state index contributed by atoms with van der Waals surface area (Å²) < 4.78 is 4.70. The van der Waals surface area contributed by atoms with Crippen molar-refractivity contribution in [1.82, 2.24) is 0 Å². The SMILES string of the molecule is CC(O)OC(C)CO. The van der Waals surface area contributed by atoms with Gasteiger partial charge in [0.05, 0.1) is 12.7 Å². The molecule has 8 heavy (non-hydrogen) atoms. The number of rotatable bonds is 3. The van der Waals surface area contributed by atoms with Gasteiger partial charge >= 0.3 is 0 Å². The average Bonchev–Trinajstić information content (AvgIpc) is 1.65. The quantitative estimate of drug-likeness (QED) is 0.504. The normalized spacial score (nSPS) is 18.0. The third-order valence-electron chi connectivity index (χ3n) is 0.686. The predicted molar refractivity (Wildman–Crippen MR) is 29.3 cm³/mol. The second-order valence-electron chi connectivity index (χ2n) is 1.73. The molecule has 0 aliphatic heterocycles. The topological polar surface area (TPSA) is 49.7 Å². The molecular weight excluding hydrogens is 108 g/mol. The van der Waals surface area contributed by atoms with Gasteiger partial charge < -0.3 is 14.9 Å². The molecule has 0 spiro atoms. The number of hydrogen-bond acceptors (Lipinski definition) is 3. The third kappa shape index (κ3) is 4.05. The van der Waals surface area contributed by atoms with Crippen LogP contribution < -0.4 is 0 Å². The Kier molecular flexibility index (Phi) is 3.77. The first kappa shape index (κ1) is 7.88. The molecule has 0 aromatic carbocycles. The smallest absolute Gasteiger partial charge is 0.152 e. The summed E-state index contributed by atoms with van der Waals surface area (Å²) in [6.45, 7) is 3.14. The van der Waals surface area contributed by atoms with Gasteiger partial charge in [-0.05, 0) is 13.8 Å². The van der Waals surface area contributed by atoms with Gasteiger partial charge in [-0.3, -0.25) is 0 Å². The van der Waals surface area contributed by atoms with E-state index in [1.54, 1.807) is 6.92 Å². The second-order valence-corrected chi connectivity index (χ2v) is 1.73. The van der Waals surface area contributed by atoms with Gasteiger partial charge in [0.25, 0.3) is 0 Å². The number of ether oxygens (including phenoxy) is 1. The van der Waals surface area contributed by atoms with Gasteiger partial charge in [0.1, 0.15) is 0 Å². The van der Waals surface area contributed by atoms with Crippen LogP contribution in [-0.4, -0.2) is 29.2 Å². The van der Waals surface area contributed by atoms with Gasteiger partial charge in [0, 0.05) is 0 Å². The summed E-state index contributed by atoms with van der Waals surface area (Å²) in [5.41, 5.74) is 0. The maximum Gasteiger partial charge on any atom is 0.152 e. The minimum Gasteiger partial charge on any atom is -0.394 e. The first-order chi connectivity index (χ1) is 3.66. The fraction of sp³-hybridized carbons (Fsp3) is 1.00. The molecule has 0 aromatic heterocycles. The van der Waals surface area contributed by atoms with E-state index in [4.69, 9.17) is 14.9 Å². The monoisotopic (exact) mass is 120 g/mol. The summed E-state index contributed by atoms with van der Waals surface area (Å²) in [7, 11) is 0. The summed E-state index contributed by atoms with van der Waals surface area (Å²) in [5.74, 6) is 0. The van der Waals surface area contributed by atoms with E-state index in [9.17, 15) is 0 Å². The highest BCUT2D eigenvalue weighted by molar-refractivity contribution is 4.43.